The number of aromatic amines is 2. The molecule has 3 aromatic rings. The van der Waals surface area contributed by atoms with Gasteiger partial charge in [0.2, 0.25) is 0 Å². The van der Waals surface area contributed by atoms with E-state index in [0.29, 0.717) is 6.42 Å². The topological polar surface area (TPSA) is 113 Å². The van der Waals surface area contributed by atoms with Gasteiger partial charge in [0.15, 0.2) is 11.5 Å². The number of hydrogen-bond donors (Lipinski definition) is 3. The molecule has 0 spiro atoms. The van der Waals surface area contributed by atoms with Crippen LogP contribution in [0.4, 0.5) is 5.82 Å². The number of aromatic nitrogens is 4. The van der Waals surface area contributed by atoms with E-state index in [4.69, 9.17) is 4.74 Å². The van der Waals surface area contributed by atoms with Crippen molar-refractivity contribution >= 4 is 17.7 Å². The Bertz CT molecular complexity index is 869. The van der Waals surface area contributed by atoms with Crippen molar-refractivity contribution < 1.29 is 14.3 Å². The first-order valence-electron chi connectivity index (χ1n) is 7.78. The van der Waals surface area contributed by atoms with E-state index in [0.717, 1.165) is 11.3 Å². The summed E-state index contributed by atoms with van der Waals surface area (Å²) < 4.78 is 4.85. The van der Waals surface area contributed by atoms with Crippen molar-refractivity contribution in [3.63, 3.8) is 0 Å². The fourth-order valence-electron chi connectivity index (χ4n) is 2.26. The summed E-state index contributed by atoms with van der Waals surface area (Å²) in [6, 6.07) is 13.0. The van der Waals surface area contributed by atoms with Crippen LogP contribution in [-0.4, -0.2) is 38.9 Å². The van der Waals surface area contributed by atoms with Crippen molar-refractivity contribution in [3.05, 3.63) is 65.1 Å². The van der Waals surface area contributed by atoms with Gasteiger partial charge in [-0.2, -0.15) is 10.2 Å². The van der Waals surface area contributed by atoms with Gasteiger partial charge in [-0.1, -0.05) is 30.3 Å². The zero-order valence-electron chi connectivity index (χ0n) is 13.6. The number of carbonyl (C=O) groups excluding carboxylic acids is 2. The number of amides is 1. The Hall–Kier alpha value is -3.42. The molecule has 8 heteroatoms. The molecule has 0 aliphatic rings. The first kappa shape index (κ1) is 16.4. The summed E-state index contributed by atoms with van der Waals surface area (Å²) in [5.41, 5.74) is 2.35. The van der Waals surface area contributed by atoms with E-state index in [-0.39, 0.29) is 23.8 Å². The second kappa shape index (κ2) is 7.43. The zero-order chi connectivity index (χ0) is 17.6. The second-order valence-corrected chi connectivity index (χ2v) is 5.28. The summed E-state index contributed by atoms with van der Waals surface area (Å²) in [6.45, 7) is 1.97. The molecule has 25 heavy (non-hydrogen) atoms. The number of rotatable bonds is 6. The molecule has 1 aromatic carbocycles. The molecule has 0 saturated carbocycles. The maximum atomic E-state index is 12.2. The minimum atomic E-state index is -0.527. The predicted molar refractivity (Wildman–Crippen MR) is 90.3 cm³/mol. The van der Waals surface area contributed by atoms with Crippen LogP contribution in [-0.2, 0) is 11.2 Å². The van der Waals surface area contributed by atoms with Gasteiger partial charge in [-0.3, -0.25) is 15.0 Å². The normalized spacial score (nSPS) is 10.4. The third-order valence-corrected chi connectivity index (χ3v) is 3.42. The van der Waals surface area contributed by atoms with Gasteiger partial charge >= 0.3 is 5.97 Å². The lowest BCUT2D eigenvalue weighted by molar-refractivity contribution is 0.0519. The molecule has 0 bridgehead atoms. The average Bonchev–Trinajstić information content (AvgIpc) is 3.26. The van der Waals surface area contributed by atoms with E-state index in [9.17, 15) is 9.59 Å². The molecule has 0 radical (unpaired) electrons. The molecule has 0 fully saturated rings. The SMILES string of the molecule is CCOC(=O)c1cc(NC(=O)c2cc(Cc3ccccc3)[nH]n2)n[nH]1. The van der Waals surface area contributed by atoms with Crippen LogP contribution in [0.3, 0.4) is 0 Å². The highest BCUT2D eigenvalue weighted by molar-refractivity contribution is 6.02. The van der Waals surface area contributed by atoms with Crippen molar-refractivity contribution in [2.45, 2.75) is 13.3 Å². The molecular weight excluding hydrogens is 322 g/mol. The minimum absolute atomic E-state index is 0.170. The van der Waals surface area contributed by atoms with Crippen molar-refractivity contribution in [2.24, 2.45) is 0 Å². The summed E-state index contributed by atoms with van der Waals surface area (Å²) in [5, 5.41) is 15.8. The van der Waals surface area contributed by atoms with Gasteiger partial charge in [0.05, 0.1) is 6.61 Å². The van der Waals surface area contributed by atoms with Gasteiger partial charge < -0.3 is 10.1 Å². The lowest BCUT2D eigenvalue weighted by Crippen LogP contribution is -2.12. The number of H-pyrrole nitrogens is 2. The maximum absolute atomic E-state index is 12.2. The second-order valence-electron chi connectivity index (χ2n) is 5.28. The molecule has 3 rings (SSSR count). The van der Waals surface area contributed by atoms with Gasteiger partial charge in [-0.05, 0) is 18.6 Å². The molecule has 0 unspecified atom stereocenters. The van der Waals surface area contributed by atoms with Gasteiger partial charge in [-0.25, -0.2) is 4.79 Å². The largest absolute Gasteiger partial charge is 0.461 e. The van der Waals surface area contributed by atoms with E-state index in [1.165, 1.54) is 6.07 Å². The van der Waals surface area contributed by atoms with Crippen LogP contribution >= 0.6 is 0 Å². The number of carbonyl (C=O) groups is 2. The lowest BCUT2D eigenvalue weighted by Gasteiger charge is -1.98. The molecule has 1 amide bonds. The molecule has 128 valence electrons. The fourth-order valence-corrected chi connectivity index (χ4v) is 2.26. The maximum Gasteiger partial charge on any atom is 0.356 e. The van der Waals surface area contributed by atoms with Gasteiger partial charge in [-0.15, -0.1) is 0 Å². The molecule has 2 aromatic heterocycles. The number of hydrogen-bond acceptors (Lipinski definition) is 5. The fraction of sp³-hybridized carbons (Fsp3) is 0.176. The Morgan fingerprint density at radius 1 is 1.12 bits per heavy atom. The number of anilines is 1. The van der Waals surface area contributed by atoms with Crippen LogP contribution in [0.5, 0.6) is 0 Å². The molecule has 8 nitrogen and oxygen atoms in total. The minimum Gasteiger partial charge on any atom is -0.461 e. The summed E-state index contributed by atoms with van der Waals surface area (Å²) in [5.74, 6) is -0.724. The summed E-state index contributed by atoms with van der Waals surface area (Å²) >= 11 is 0. The highest BCUT2D eigenvalue weighted by Gasteiger charge is 2.15. The first-order valence-corrected chi connectivity index (χ1v) is 7.78. The third-order valence-electron chi connectivity index (χ3n) is 3.42. The molecule has 0 saturated heterocycles. The average molecular weight is 339 g/mol. The standard InChI is InChI=1S/C17H17N5O3/c1-2-25-17(24)14-10-15(22-21-14)18-16(23)13-9-12(19-20-13)8-11-6-4-3-5-7-11/h3-7,9-10H,2,8H2,1H3,(H,19,20)(H2,18,21,22,23). The van der Waals surface area contributed by atoms with Crippen molar-refractivity contribution in [1.29, 1.82) is 0 Å². The van der Waals surface area contributed by atoms with Crippen molar-refractivity contribution in [2.75, 3.05) is 11.9 Å². The van der Waals surface area contributed by atoms with Gasteiger partial charge in [0, 0.05) is 18.2 Å². The number of nitrogens with one attached hydrogen (secondary N) is 3. The van der Waals surface area contributed by atoms with Gasteiger partial charge in [0.25, 0.3) is 5.91 Å². The molecule has 3 N–H and O–H groups in total. The number of nitrogens with zero attached hydrogens (tertiary/aromatic N) is 2. The van der Waals surface area contributed by atoms with E-state index in [1.807, 2.05) is 30.3 Å². The monoisotopic (exact) mass is 339 g/mol. The van der Waals surface area contributed by atoms with Crippen LogP contribution in [0, 0.1) is 0 Å². The zero-order valence-corrected chi connectivity index (χ0v) is 13.6. The van der Waals surface area contributed by atoms with E-state index in [2.05, 4.69) is 25.7 Å². The quantitative estimate of drug-likeness (QED) is 0.596. The van der Waals surface area contributed by atoms with Crippen LogP contribution in [0.25, 0.3) is 0 Å². The van der Waals surface area contributed by atoms with Crippen molar-refractivity contribution in [3.8, 4) is 0 Å². The van der Waals surface area contributed by atoms with E-state index in [1.54, 1.807) is 13.0 Å². The molecule has 2 heterocycles. The van der Waals surface area contributed by atoms with Crippen LogP contribution in [0.2, 0.25) is 0 Å². The Balaban J connectivity index is 1.63. The third kappa shape index (κ3) is 4.11. The highest BCUT2D eigenvalue weighted by atomic mass is 16.5. The van der Waals surface area contributed by atoms with Crippen LogP contribution in [0.15, 0.2) is 42.5 Å². The van der Waals surface area contributed by atoms with E-state index >= 15 is 0 Å². The Morgan fingerprint density at radius 3 is 2.68 bits per heavy atom. The lowest BCUT2D eigenvalue weighted by atomic mass is 10.1. The Morgan fingerprint density at radius 2 is 1.92 bits per heavy atom. The van der Waals surface area contributed by atoms with Crippen molar-refractivity contribution in [1.82, 2.24) is 20.4 Å². The molecule has 0 aliphatic carbocycles. The Labute approximate surface area is 143 Å². The number of benzene rings is 1. The molecule has 0 aliphatic heterocycles. The predicted octanol–water partition coefficient (Wildman–Crippen LogP) is 2.15. The number of ether oxygens (including phenoxy) is 1. The van der Waals surface area contributed by atoms with Gasteiger partial charge in [0.1, 0.15) is 5.69 Å². The van der Waals surface area contributed by atoms with Crippen LogP contribution < -0.4 is 5.32 Å². The molecular formula is C17H17N5O3. The molecule has 0 atom stereocenters. The number of esters is 1. The highest BCUT2D eigenvalue weighted by Crippen LogP contribution is 2.11. The van der Waals surface area contributed by atoms with E-state index < -0.39 is 11.9 Å². The summed E-state index contributed by atoms with van der Waals surface area (Å²) in [4.78, 5) is 23.8. The summed E-state index contributed by atoms with van der Waals surface area (Å²) in [6.07, 6.45) is 0.649. The van der Waals surface area contributed by atoms with Crippen LogP contribution in [0.1, 0.15) is 39.2 Å². The smallest absolute Gasteiger partial charge is 0.356 e. The summed E-state index contributed by atoms with van der Waals surface area (Å²) in [7, 11) is 0. The Kier molecular flexibility index (Phi) is 4.89. The first-order chi connectivity index (χ1) is 12.2.